The summed E-state index contributed by atoms with van der Waals surface area (Å²) in [6.07, 6.45) is 5.45. The fourth-order valence-electron chi connectivity index (χ4n) is 3.49. The monoisotopic (exact) mass is 379 g/mol. The highest BCUT2D eigenvalue weighted by molar-refractivity contribution is 9.10. The Bertz CT molecular complexity index is 571. The molecule has 126 valence electrons. The molecule has 2 unspecified atom stereocenters. The number of halogens is 1. The molecular weight excluding hydrogens is 354 g/mol. The molecule has 23 heavy (non-hydrogen) atoms. The quantitative estimate of drug-likeness (QED) is 0.544. The van der Waals surface area contributed by atoms with Crippen molar-refractivity contribution in [3.05, 3.63) is 34.3 Å². The summed E-state index contributed by atoms with van der Waals surface area (Å²) in [4.78, 5) is 4.32. The van der Waals surface area contributed by atoms with Crippen molar-refractivity contribution in [2.24, 2.45) is 10.9 Å². The third-order valence-corrected chi connectivity index (χ3v) is 5.75. The number of nitrogens with one attached hydrogen (secondary N) is 2. The molecule has 1 aromatic rings. The van der Waals surface area contributed by atoms with Crippen molar-refractivity contribution in [2.75, 3.05) is 20.1 Å². The Labute approximate surface area is 146 Å². The van der Waals surface area contributed by atoms with Crippen LogP contribution in [0.1, 0.15) is 37.7 Å². The average molecular weight is 380 g/mol. The Kier molecular flexibility index (Phi) is 5.27. The first kappa shape index (κ1) is 16.8. The highest BCUT2D eigenvalue weighted by Gasteiger charge is 2.44. The summed E-state index contributed by atoms with van der Waals surface area (Å²) < 4.78 is 1.14. The predicted octanol–water partition coefficient (Wildman–Crippen LogP) is 2.81. The van der Waals surface area contributed by atoms with Gasteiger partial charge < -0.3 is 15.7 Å². The van der Waals surface area contributed by atoms with Gasteiger partial charge in [-0.25, -0.2) is 0 Å². The van der Waals surface area contributed by atoms with E-state index in [-0.39, 0.29) is 11.5 Å². The number of aliphatic hydroxyl groups is 1. The van der Waals surface area contributed by atoms with Gasteiger partial charge in [0.2, 0.25) is 0 Å². The third kappa shape index (κ3) is 4.07. The van der Waals surface area contributed by atoms with E-state index in [2.05, 4.69) is 55.8 Å². The van der Waals surface area contributed by atoms with Gasteiger partial charge in [-0.05, 0) is 43.4 Å². The lowest BCUT2D eigenvalue weighted by Gasteiger charge is -2.21. The summed E-state index contributed by atoms with van der Waals surface area (Å²) in [6.45, 7) is 1.70. The minimum absolute atomic E-state index is 0.156. The normalized spacial score (nSPS) is 26.1. The van der Waals surface area contributed by atoms with E-state index in [0.29, 0.717) is 5.92 Å². The van der Waals surface area contributed by atoms with Crippen molar-refractivity contribution in [1.82, 2.24) is 10.6 Å². The summed E-state index contributed by atoms with van der Waals surface area (Å²) in [7, 11) is 1.80. The van der Waals surface area contributed by atoms with Crippen molar-refractivity contribution < 1.29 is 5.11 Å². The maximum atomic E-state index is 9.91. The van der Waals surface area contributed by atoms with E-state index in [0.717, 1.165) is 42.8 Å². The molecule has 2 atom stereocenters. The standard InChI is InChI=1S/C18H26BrN3O/c1-20-17(21-11-13-4-2-7-16(13)23)22-12-18(8-9-18)14-5-3-6-15(19)10-14/h3,5-6,10,13,16,23H,2,4,7-9,11-12H2,1H3,(H2,20,21,22). The van der Waals surface area contributed by atoms with Crippen LogP contribution in [0.25, 0.3) is 0 Å². The average Bonchev–Trinajstić information content (AvgIpc) is 3.24. The molecule has 1 aromatic carbocycles. The fraction of sp³-hybridized carbons (Fsp3) is 0.611. The van der Waals surface area contributed by atoms with Crippen molar-refractivity contribution >= 4 is 21.9 Å². The van der Waals surface area contributed by atoms with Crippen LogP contribution in [-0.4, -0.2) is 37.3 Å². The zero-order valence-electron chi connectivity index (χ0n) is 13.7. The lowest BCUT2D eigenvalue weighted by molar-refractivity contribution is 0.134. The Morgan fingerprint density at radius 3 is 2.78 bits per heavy atom. The Balaban J connectivity index is 1.52. The van der Waals surface area contributed by atoms with Gasteiger partial charge in [-0.15, -0.1) is 0 Å². The van der Waals surface area contributed by atoms with Gasteiger partial charge in [0, 0.05) is 35.9 Å². The largest absolute Gasteiger partial charge is 0.393 e. The second-order valence-corrected chi connectivity index (χ2v) is 7.77. The highest BCUT2D eigenvalue weighted by atomic mass is 79.9. The minimum Gasteiger partial charge on any atom is -0.393 e. The van der Waals surface area contributed by atoms with Crippen LogP contribution >= 0.6 is 15.9 Å². The van der Waals surface area contributed by atoms with Crippen molar-refractivity contribution in [2.45, 2.75) is 43.6 Å². The predicted molar refractivity (Wildman–Crippen MR) is 97.8 cm³/mol. The second kappa shape index (κ2) is 7.22. The van der Waals surface area contributed by atoms with Crippen molar-refractivity contribution in [3.63, 3.8) is 0 Å². The lowest BCUT2D eigenvalue weighted by Crippen LogP contribution is -2.43. The number of aliphatic hydroxyl groups excluding tert-OH is 1. The summed E-state index contributed by atoms with van der Waals surface area (Å²) >= 11 is 3.56. The van der Waals surface area contributed by atoms with E-state index in [1.165, 1.54) is 18.4 Å². The van der Waals surface area contributed by atoms with Gasteiger partial charge in [-0.1, -0.05) is 34.5 Å². The fourth-order valence-corrected chi connectivity index (χ4v) is 3.89. The van der Waals surface area contributed by atoms with E-state index >= 15 is 0 Å². The van der Waals surface area contributed by atoms with E-state index in [4.69, 9.17) is 0 Å². The number of aliphatic imine (C=N–C) groups is 1. The Hall–Kier alpha value is -1.07. The SMILES string of the molecule is CN=C(NCC1CCCC1O)NCC1(c2cccc(Br)c2)CC1. The molecule has 0 aliphatic heterocycles. The van der Waals surface area contributed by atoms with Crippen LogP contribution in [0.15, 0.2) is 33.7 Å². The van der Waals surface area contributed by atoms with Gasteiger partial charge in [0.25, 0.3) is 0 Å². The molecule has 0 saturated heterocycles. The molecule has 5 heteroatoms. The van der Waals surface area contributed by atoms with E-state index < -0.39 is 0 Å². The van der Waals surface area contributed by atoms with Crippen LogP contribution in [0.2, 0.25) is 0 Å². The molecule has 0 heterocycles. The van der Waals surface area contributed by atoms with Crippen LogP contribution in [-0.2, 0) is 5.41 Å². The van der Waals surface area contributed by atoms with Gasteiger partial charge in [-0.2, -0.15) is 0 Å². The molecule has 2 aliphatic carbocycles. The molecule has 2 fully saturated rings. The third-order valence-electron chi connectivity index (χ3n) is 5.26. The number of rotatable bonds is 5. The van der Waals surface area contributed by atoms with E-state index in [1.54, 1.807) is 7.05 Å². The molecule has 4 nitrogen and oxygen atoms in total. The van der Waals surface area contributed by atoms with E-state index in [1.807, 2.05) is 0 Å². The topological polar surface area (TPSA) is 56.7 Å². The highest BCUT2D eigenvalue weighted by Crippen LogP contribution is 2.48. The number of guanidine groups is 1. The molecule has 0 spiro atoms. The van der Waals surface area contributed by atoms with Crippen LogP contribution in [0.3, 0.4) is 0 Å². The van der Waals surface area contributed by atoms with Gasteiger partial charge in [0.05, 0.1) is 6.10 Å². The molecule has 3 rings (SSSR count). The first-order chi connectivity index (χ1) is 11.1. The molecule has 3 N–H and O–H groups in total. The summed E-state index contributed by atoms with van der Waals surface area (Å²) in [5, 5.41) is 16.8. The zero-order valence-corrected chi connectivity index (χ0v) is 15.3. The maximum Gasteiger partial charge on any atom is 0.191 e. The first-order valence-electron chi connectivity index (χ1n) is 8.52. The number of hydrogen-bond donors (Lipinski definition) is 3. The van der Waals surface area contributed by atoms with Gasteiger partial charge in [-0.3, -0.25) is 4.99 Å². The zero-order chi connectivity index (χ0) is 16.3. The molecule has 0 radical (unpaired) electrons. The maximum absolute atomic E-state index is 9.91. The molecule has 2 aliphatic rings. The smallest absolute Gasteiger partial charge is 0.191 e. The number of hydrogen-bond acceptors (Lipinski definition) is 2. The van der Waals surface area contributed by atoms with Crippen LogP contribution in [0.4, 0.5) is 0 Å². The Morgan fingerprint density at radius 2 is 2.17 bits per heavy atom. The lowest BCUT2D eigenvalue weighted by atomic mass is 9.96. The summed E-state index contributed by atoms with van der Waals surface area (Å²) in [5.74, 6) is 1.19. The van der Waals surface area contributed by atoms with Crippen LogP contribution < -0.4 is 10.6 Å². The summed E-state index contributed by atoms with van der Waals surface area (Å²) in [6, 6.07) is 8.61. The second-order valence-electron chi connectivity index (χ2n) is 6.86. The van der Waals surface area contributed by atoms with Crippen LogP contribution in [0, 0.1) is 5.92 Å². The molecule has 0 aromatic heterocycles. The van der Waals surface area contributed by atoms with Gasteiger partial charge in [0.15, 0.2) is 5.96 Å². The van der Waals surface area contributed by atoms with Crippen LogP contribution in [0.5, 0.6) is 0 Å². The van der Waals surface area contributed by atoms with Crippen molar-refractivity contribution in [3.8, 4) is 0 Å². The van der Waals surface area contributed by atoms with Gasteiger partial charge >= 0.3 is 0 Å². The minimum atomic E-state index is -0.156. The first-order valence-corrected chi connectivity index (χ1v) is 9.31. The van der Waals surface area contributed by atoms with Gasteiger partial charge in [0.1, 0.15) is 0 Å². The Morgan fingerprint density at radius 1 is 1.35 bits per heavy atom. The van der Waals surface area contributed by atoms with Crippen molar-refractivity contribution in [1.29, 1.82) is 0 Å². The molecule has 0 amide bonds. The number of nitrogens with zero attached hydrogens (tertiary/aromatic N) is 1. The molecule has 0 bridgehead atoms. The molecular formula is C18H26BrN3O. The molecule has 2 saturated carbocycles. The summed E-state index contributed by atoms with van der Waals surface area (Å²) in [5.41, 5.74) is 1.63. The van der Waals surface area contributed by atoms with E-state index in [9.17, 15) is 5.11 Å². The number of benzene rings is 1.